The van der Waals surface area contributed by atoms with Gasteiger partial charge in [-0.2, -0.15) is 5.10 Å². The molecule has 0 aliphatic carbocycles. The van der Waals surface area contributed by atoms with Gasteiger partial charge in [0.1, 0.15) is 12.2 Å². The summed E-state index contributed by atoms with van der Waals surface area (Å²) in [4.78, 5) is 6.52. The van der Waals surface area contributed by atoms with Crippen LogP contribution < -0.4 is 5.32 Å². The van der Waals surface area contributed by atoms with Crippen LogP contribution in [0, 0.1) is 0 Å². The highest BCUT2D eigenvalue weighted by atomic mass is 15.3. The lowest BCUT2D eigenvalue weighted by molar-refractivity contribution is 0.251. The van der Waals surface area contributed by atoms with Gasteiger partial charge in [-0.05, 0) is 20.4 Å². The molecule has 0 spiro atoms. The largest absolute Gasteiger partial charge is 0.309 e. The molecule has 0 aliphatic rings. The van der Waals surface area contributed by atoms with Gasteiger partial charge >= 0.3 is 0 Å². The fourth-order valence-electron chi connectivity index (χ4n) is 1.47. The summed E-state index contributed by atoms with van der Waals surface area (Å²) in [7, 11) is 4.08. The van der Waals surface area contributed by atoms with Crippen molar-refractivity contribution in [2.75, 3.05) is 20.1 Å². The van der Waals surface area contributed by atoms with Gasteiger partial charge in [-0.15, -0.1) is 0 Å². The first-order chi connectivity index (χ1) is 7.65. The molecule has 5 nitrogen and oxygen atoms in total. The van der Waals surface area contributed by atoms with Crippen molar-refractivity contribution in [3.63, 3.8) is 0 Å². The summed E-state index contributed by atoms with van der Waals surface area (Å²) in [6.45, 7) is 7.29. The lowest BCUT2D eigenvalue weighted by Gasteiger charge is -2.23. The number of aromatic nitrogens is 3. The van der Waals surface area contributed by atoms with Gasteiger partial charge in [0.15, 0.2) is 0 Å². The zero-order valence-electron chi connectivity index (χ0n) is 10.8. The third-order valence-electron chi connectivity index (χ3n) is 3.07. The summed E-state index contributed by atoms with van der Waals surface area (Å²) in [5, 5.41) is 7.40. The second-order valence-corrected chi connectivity index (χ2v) is 4.21. The van der Waals surface area contributed by atoms with E-state index in [0.29, 0.717) is 6.04 Å². The third-order valence-corrected chi connectivity index (χ3v) is 3.07. The molecule has 1 aromatic rings. The van der Waals surface area contributed by atoms with Gasteiger partial charge in [-0.1, -0.05) is 6.92 Å². The predicted molar refractivity (Wildman–Crippen MR) is 65.1 cm³/mol. The van der Waals surface area contributed by atoms with Gasteiger partial charge in [0.05, 0.1) is 6.54 Å². The van der Waals surface area contributed by atoms with Crippen molar-refractivity contribution >= 4 is 0 Å². The molecule has 0 radical (unpaired) electrons. The highest BCUT2D eigenvalue weighted by Gasteiger charge is 2.05. The molecule has 1 heterocycles. The van der Waals surface area contributed by atoms with E-state index in [-0.39, 0.29) is 0 Å². The second-order valence-electron chi connectivity index (χ2n) is 4.21. The highest BCUT2D eigenvalue weighted by molar-refractivity contribution is 4.82. The average Bonchev–Trinajstić information content (AvgIpc) is 2.69. The third kappa shape index (κ3) is 3.90. The number of hydrogen-bond donors (Lipinski definition) is 1. The van der Waals surface area contributed by atoms with E-state index in [2.05, 4.69) is 41.2 Å². The van der Waals surface area contributed by atoms with Crippen LogP contribution in [0.2, 0.25) is 0 Å². The molecule has 1 unspecified atom stereocenters. The Morgan fingerprint density at radius 3 is 2.88 bits per heavy atom. The molecule has 1 aromatic heterocycles. The first-order valence-electron chi connectivity index (χ1n) is 5.89. The van der Waals surface area contributed by atoms with Crippen LogP contribution in [0.15, 0.2) is 6.33 Å². The van der Waals surface area contributed by atoms with Crippen LogP contribution in [0.25, 0.3) is 0 Å². The van der Waals surface area contributed by atoms with E-state index in [0.717, 1.165) is 25.5 Å². The second kappa shape index (κ2) is 6.60. The standard InChI is InChI=1S/C11H23N5/c1-5-10(2)15(3)7-6-12-8-11-13-9-14-16(11)4/h9-10,12H,5-8H2,1-4H3. The van der Waals surface area contributed by atoms with Gasteiger partial charge in [0.2, 0.25) is 0 Å². The maximum atomic E-state index is 4.16. The lowest BCUT2D eigenvalue weighted by Crippen LogP contribution is -2.35. The van der Waals surface area contributed by atoms with Gasteiger partial charge in [0.25, 0.3) is 0 Å². The van der Waals surface area contributed by atoms with Crippen molar-refractivity contribution in [3.05, 3.63) is 12.2 Å². The molecule has 0 fully saturated rings. The Labute approximate surface area is 97.9 Å². The minimum Gasteiger partial charge on any atom is -0.309 e. The summed E-state index contributed by atoms with van der Waals surface area (Å²) >= 11 is 0. The van der Waals surface area contributed by atoms with E-state index in [1.54, 1.807) is 11.0 Å². The first-order valence-corrected chi connectivity index (χ1v) is 5.89. The van der Waals surface area contributed by atoms with Gasteiger partial charge in [-0.3, -0.25) is 4.68 Å². The molecular formula is C11H23N5. The van der Waals surface area contributed by atoms with Gasteiger partial charge in [0, 0.05) is 26.2 Å². The Hall–Kier alpha value is -0.940. The molecule has 92 valence electrons. The zero-order valence-corrected chi connectivity index (χ0v) is 10.8. The molecule has 0 aliphatic heterocycles. The maximum absolute atomic E-state index is 4.16. The number of nitrogens with zero attached hydrogens (tertiary/aromatic N) is 4. The first kappa shape index (κ1) is 13.1. The normalized spacial score (nSPS) is 13.3. The average molecular weight is 225 g/mol. The molecule has 0 aromatic carbocycles. The maximum Gasteiger partial charge on any atom is 0.140 e. The van der Waals surface area contributed by atoms with Crippen LogP contribution >= 0.6 is 0 Å². The Morgan fingerprint density at radius 1 is 1.56 bits per heavy atom. The quantitative estimate of drug-likeness (QED) is 0.692. The molecule has 5 heteroatoms. The van der Waals surface area contributed by atoms with Crippen LogP contribution in [-0.4, -0.2) is 45.8 Å². The molecule has 0 saturated carbocycles. The Morgan fingerprint density at radius 2 is 2.31 bits per heavy atom. The molecule has 1 rings (SSSR count). The topological polar surface area (TPSA) is 46.0 Å². The molecule has 0 bridgehead atoms. The van der Waals surface area contributed by atoms with Gasteiger partial charge in [-0.25, -0.2) is 4.98 Å². The van der Waals surface area contributed by atoms with E-state index < -0.39 is 0 Å². The lowest BCUT2D eigenvalue weighted by atomic mass is 10.2. The summed E-state index contributed by atoms with van der Waals surface area (Å²) in [6.07, 6.45) is 2.78. The summed E-state index contributed by atoms with van der Waals surface area (Å²) in [6, 6.07) is 0.650. The minimum absolute atomic E-state index is 0.650. The zero-order chi connectivity index (χ0) is 12.0. The Balaban J connectivity index is 2.15. The fourth-order valence-corrected chi connectivity index (χ4v) is 1.47. The van der Waals surface area contributed by atoms with Crippen LogP contribution in [0.5, 0.6) is 0 Å². The summed E-state index contributed by atoms with van der Waals surface area (Å²) in [5.74, 6) is 0.978. The van der Waals surface area contributed by atoms with Crippen molar-refractivity contribution in [1.29, 1.82) is 0 Å². The molecular weight excluding hydrogens is 202 g/mol. The summed E-state index contributed by atoms with van der Waals surface area (Å²) < 4.78 is 1.80. The van der Waals surface area contributed by atoms with Crippen LogP contribution in [0.4, 0.5) is 0 Å². The number of likely N-dealkylation sites (N-methyl/N-ethyl adjacent to an activating group) is 1. The monoisotopic (exact) mass is 225 g/mol. The smallest absolute Gasteiger partial charge is 0.140 e. The van der Waals surface area contributed by atoms with E-state index in [1.165, 1.54) is 6.42 Å². The van der Waals surface area contributed by atoms with Crippen LogP contribution in [0.1, 0.15) is 26.1 Å². The Kier molecular flexibility index (Phi) is 5.42. The number of rotatable bonds is 7. The van der Waals surface area contributed by atoms with E-state index in [1.807, 2.05) is 7.05 Å². The Bertz CT molecular complexity index is 296. The van der Waals surface area contributed by atoms with E-state index in [9.17, 15) is 0 Å². The highest BCUT2D eigenvalue weighted by Crippen LogP contribution is 1.98. The SMILES string of the molecule is CCC(C)N(C)CCNCc1ncnn1C. The number of hydrogen-bond acceptors (Lipinski definition) is 4. The van der Waals surface area contributed by atoms with Crippen molar-refractivity contribution < 1.29 is 0 Å². The minimum atomic E-state index is 0.650. The molecule has 0 amide bonds. The fraction of sp³-hybridized carbons (Fsp3) is 0.818. The number of aryl methyl sites for hydroxylation is 1. The van der Waals surface area contributed by atoms with Crippen molar-refractivity contribution in [2.45, 2.75) is 32.9 Å². The number of nitrogens with one attached hydrogen (secondary N) is 1. The van der Waals surface area contributed by atoms with E-state index in [4.69, 9.17) is 0 Å². The van der Waals surface area contributed by atoms with Gasteiger partial charge < -0.3 is 10.2 Å². The van der Waals surface area contributed by atoms with Crippen molar-refractivity contribution in [3.8, 4) is 0 Å². The molecule has 0 saturated heterocycles. The van der Waals surface area contributed by atoms with Crippen molar-refractivity contribution in [2.24, 2.45) is 7.05 Å². The predicted octanol–water partition coefficient (Wildman–Crippen LogP) is 0.635. The van der Waals surface area contributed by atoms with Crippen LogP contribution in [0.3, 0.4) is 0 Å². The molecule has 1 N–H and O–H groups in total. The molecule has 16 heavy (non-hydrogen) atoms. The summed E-state index contributed by atoms with van der Waals surface area (Å²) in [5.41, 5.74) is 0. The van der Waals surface area contributed by atoms with Crippen molar-refractivity contribution in [1.82, 2.24) is 25.0 Å². The van der Waals surface area contributed by atoms with Crippen LogP contribution in [-0.2, 0) is 13.6 Å². The van der Waals surface area contributed by atoms with E-state index >= 15 is 0 Å². The molecule has 1 atom stereocenters.